The minimum Gasteiger partial charge on any atom is -0.340 e. The van der Waals surface area contributed by atoms with E-state index in [0.717, 1.165) is 28.2 Å². The Balaban J connectivity index is 1.87. The largest absolute Gasteiger partial charge is 0.340 e. The van der Waals surface area contributed by atoms with Crippen LogP contribution in [0.4, 0.5) is 5.69 Å². The second kappa shape index (κ2) is 8.44. The van der Waals surface area contributed by atoms with Crippen LogP contribution in [0, 0.1) is 6.92 Å². The van der Waals surface area contributed by atoms with Crippen molar-refractivity contribution < 1.29 is 4.79 Å². The van der Waals surface area contributed by atoms with Crippen LogP contribution in [0.15, 0.2) is 59.4 Å². The van der Waals surface area contributed by atoms with Crippen LogP contribution in [0.5, 0.6) is 0 Å². The molecule has 0 spiro atoms. The molecule has 2 aliphatic rings. The Kier molecular flexibility index (Phi) is 5.60. The van der Waals surface area contributed by atoms with Gasteiger partial charge >= 0.3 is 0 Å². The van der Waals surface area contributed by atoms with E-state index in [4.69, 9.17) is 12.2 Å². The maximum atomic E-state index is 13.9. The van der Waals surface area contributed by atoms with Gasteiger partial charge in [-0.3, -0.25) is 19.1 Å². The SMILES string of the molecule is CCN1C(=c2sc(=C3SC(=S)N(C)C3=O)n(-c3ccc(C)cc3)c2=O)C=Cc2ccccc21. The van der Waals surface area contributed by atoms with E-state index in [2.05, 4.69) is 24.0 Å². The topological polar surface area (TPSA) is 45.5 Å². The highest BCUT2D eigenvalue weighted by Gasteiger charge is 2.32. The van der Waals surface area contributed by atoms with Gasteiger partial charge < -0.3 is 4.90 Å². The Labute approximate surface area is 205 Å². The van der Waals surface area contributed by atoms with Crippen molar-refractivity contribution in [2.24, 2.45) is 0 Å². The maximum Gasteiger partial charge on any atom is 0.275 e. The van der Waals surface area contributed by atoms with Crippen molar-refractivity contribution in [1.82, 2.24) is 9.47 Å². The van der Waals surface area contributed by atoms with E-state index >= 15 is 0 Å². The molecule has 0 radical (unpaired) electrons. The highest BCUT2D eigenvalue weighted by Crippen LogP contribution is 2.32. The first-order valence-electron chi connectivity index (χ1n) is 10.5. The highest BCUT2D eigenvalue weighted by atomic mass is 32.2. The van der Waals surface area contributed by atoms with E-state index in [1.807, 2.05) is 55.5 Å². The molecule has 0 unspecified atom stereocenters. The fraction of sp³-hybridized carbons (Fsp3) is 0.160. The normalized spacial score (nSPS) is 18.9. The summed E-state index contributed by atoms with van der Waals surface area (Å²) in [6, 6.07) is 15.9. The van der Waals surface area contributed by atoms with Crippen molar-refractivity contribution in [3.63, 3.8) is 0 Å². The van der Waals surface area contributed by atoms with E-state index in [-0.39, 0.29) is 11.5 Å². The summed E-state index contributed by atoms with van der Waals surface area (Å²) in [5.74, 6) is -0.180. The molecular weight excluding hydrogens is 470 g/mol. The van der Waals surface area contributed by atoms with Crippen LogP contribution in [0.1, 0.15) is 18.1 Å². The lowest BCUT2D eigenvalue weighted by Gasteiger charge is -2.28. The van der Waals surface area contributed by atoms with Gasteiger partial charge in [-0.25, -0.2) is 0 Å². The third-order valence-corrected chi connectivity index (χ3v) is 8.58. The molecule has 5 nitrogen and oxygen atoms in total. The summed E-state index contributed by atoms with van der Waals surface area (Å²) in [6.45, 7) is 4.79. The third-order valence-electron chi connectivity index (χ3n) is 5.74. The summed E-state index contributed by atoms with van der Waals surface area (Å²) in [5.41, 5.74) is 4.70. The Morgan fingerprint density at radius 2 is 1.73 bits per heavy atom. The molecular formula is C25H21N3O2S3. The molecule has 0 N–H and O–H groups in total. The molecule has 1 amide bonds. The predicted molar refractivity (Wildman–Crippen MR) is 142 cm³/mol. The van der Waals surface area contributed by atoms with Crippen LogP contribution >= 0.6 is 35.3 Å². The van der Waals surface area contributed by atoms with Crippen molar-refractivity contribution in [2.75, 3.05) is 18.5 Å². The van der Waals surface area contributed by atoms with Crippen LogP contribution in [0.2, 0.25) is 0 Å². The van der Waals surface area contributed by atoms with Gasteiger partial charge in [-0.2, -0.15) is 0 Å². The lowest BCUT2D eigenvalue weighted by Crippen LogP contribution is -2.36. The Bertz CT molecular complexity index is 1510. The van der Waals surface area contributed by atoms with Crippen LogP contribution in [0.3, 0.4) is 0 Å². The monoisotopic (exact) mass is 491 g/mol. The minimum absolute atomic E-state index is 0.141. The van der Waals surface area contributed by atoms with Crippen LogP contribution in [-0.2, 0) is 4.79 Å². The minimum atomic E-state index is -0.180. The summed E-state index contributed by atoms with van der Waals surface area (Å²) < 4.78 is 3.34. The van der Waals surface area contributed by atoms with Gasteiger partial charge in [0.05, 0.1) is 11.4 Å². The number of anilines is 1. The number of hydrogen-bond donors (Lipinski definition) is 0. The lowest BCUT2D eigenvalue weighted by molar-refractivity contribution is -0.119. The van der Waals surface area contributed by atoms with E-state index in [9.17, 15) is 9.59 Å². The number of hydrogen-bond acceptors (Lipinski definition) is 6. The number of carbonyl (C=O) groups excluding carboxylic acids is 1. The van der Waals surface area contributed by atoms with Gasteiger partial charge in [0.15, 0.2) is 0 Å². The molecule has 1 aromatic heterocycles. The number of carbonyl (C=O) groups is 1. The summed E-state index contributed by atoms with van der Waals surface area (Å²) >= 11 is 7.95. The molecule has 0 aliphatic carbocycles. The standard InChI is InChI=1S/C25H21N3O2S3/c1-4-27-18-8-6-5-7-16(18)11-14-19(27)20-23(30)28(17-12-9-15(2)10-13-17)24(32-20)21-22(29)26(3)25(31)33-21/h5-14H,4H2,1-3H3. The zero-order valence-corrected chi connectivity index (χ0v) is 20.8. The number of para-hydroxylation sites is 1. The smallest absolute Gasteiger partial charge is 0.275 e. The van der Waals surface area contributed by atoms with Crippen molar-refractivity contribution in [1.29, 1.82) is 0 Å². The van der Waals surface area contributed by atoms with Crippen LogP contribution in [0.25, 0.3) is 22.4 Å². The van der Waals surface area contributed by atoms with E-state index in [1.165, 1.54) is 28.0 Å². The average molecular weight is 492 g/mol. The van der Waals surface area contributed by atoms with Crippen molar-refractivity contribution in [2.45, 2.75) is 13.8 Å². The molecule has 166 valence electrons. The fourth-order valence-corrected chi connectivity index (χ4v) is 6.48. The number of aromatic nitrogens is 1. The van der Waals surface area contributed by atoms with Crippen LogP contribution in [-0.4, -0.2) is 33.3 Å². The number of thiazole rings is 1. The zero-order valence-electron chi connectivity index (χ0n) is 18.4. The van der Waals surface area contributed by atoms with Crippen molar-refractivity contribution in [3.8, 4) is 5.69 Å². The molecule has 3 aromatic rings. The van der Waals surface area contributed by atoms with Crippen molar-refractivity contribution in [3.05, 3.63) is 85.3 Å². The average Bonchev–Trinajstić information content (AvgIpc) is 3.29. The summed E-state index contributed by atoms with van der Waals surface area (Å²) in [6.07, 6.45) is 4.03. The molecule has 5 rings (SSSR count). The third kappa shape index (κ3) is 3.58. The van der Waals surface area contributed by atoms with Gasteiger partial charge in [0, 0.05) is 19.3 Å². The molecule has 0 saturated carbocycles. The quantitative estimate of drug-likeness (QED) is 0.514. The molecule has 2 aliphatic heterocycles. The molecule has 0 atom stereocenters. The summed E-state index contributed by atoms with van der Waals surface area (Å²) in [4.78, 5) is 31.0. The lowest BCUT2D eigenvalue weighted by atomic mass is 10.1. The predicted octanol–water partition coefficient (Wildman–Crippen LogP) is 3.47. The summed E-state index contributed by atoms with van der Waals surface area (Å²) in [7, 11) is 1.67. The second-order valence-corrected chi connectivity index (χ2v) is 10.4. The number of fused-ring (bicyclic) bond motifs is 1. The maximum absolute atomic E-state index is 13.9. The first kappa shape index (κ1) is 21.9. The van der Waals surface area contributed by atoms with Gasteiger partial charge in [0.25, 0.3) is 11.5 Å². The Hall–Kier alpha value is -2.94. The number of rotatable bonds is 2. The molecule has 8 heteroatoms. The fourth-order valence-electron chi connectivity index (χ4n) is 3.99. The number of nitrogens with zero attached hydrogens (tertiary/aromatic N) is 3. The number of aryl methyl sites for hydroxylation is 1. The van der Waals surface area contributed by atoms with Gasteiger partial charge in [-0.15, -0.1) is 11.3 Å². The number of benzene rings is 2. The first-order chi connectivity index (χ1) is 15.9. The zero-order chi connectivity index (χ0) is 23.3. The number of thiocarbonyl (C=S) groups is 1. The number of amides is 1. The Morgan fingerprint density at radius 3 is 2.39 bits per heavy atom. The first-order valence-corrected chi connectivity index (χ1v) is 12.6. The molecule has 3 heterocycles. The second-order valence-electron chi connectivity index (χ2n) is 7.80. The molecule has 1 saturated heterocycles. The molecule has 33 heavy (non-hydrogen) atoms. The van der Waals surface area contributed by atoms with Gasteiger partial charge in [0.2, 0.25) is 0 Å². The number of thioether (sulfide) groups is 1. The van der Waals surface area contributed by atoms with Gasteiger partial charge in [0.1, 0.15) is 18.4 Å². The highest BCUT2D eigenvalue weighted by molar-refractivity contribution is 8.30. The summed E-state index contributed by atoms with van der Waals surface area (Å²) in [5, 5.41) is 0. The molecule has 2 aromatic carbocycles. The van der Waals surface area contributed by atoms with Crippen molar-refractivity contribution >= 4 is 67.9 Å². The van der Waals surface area contributed by atoms with Crippen LogP contribution < -0.4 is 19.7 Å². The van der Waals surface area contributed by atoms with E-state index in [1.54, 1.807) is 11.6 Å². The van der Waals surface area contributed by atoms with E-state index in [0.29, 0.717) is 25.0 Å². The van der Waals surface area contributed by atoms with E-state index < -0.39 is 0 Å². The molecule has 0 bridgehead atoms. The Morgan fingerprint density at radius 1 is 1.00 bits per heavy atom. The molecule has 1 fully saturated rings. The van der Waals surface area contributed by atoms with Gasteiger partial charge in [-0.05, 0) is 43.7 Å². The number of likely N-dealkylation sites (N-methyl/N-ethyl adjacent to an activating group) is 1. The van der Waals surface area contributed by atoms with Gasteiger partial charge in [-0.1, -0.05) is 66.0 Å².